The SMILES string of the molecule is c1ccc(-c2ccc(N(c3ccccc3-c3ccc4oc5c6ccccc6ccc5c4c3)c3cccc4ccccc34)cc2)cc1. The van der Waals surface area contributed by atoms with E-state index in [4.69, 9.17) is 4.42 Å². The van der Waals surface area contributed by atoms with Gasteiger partial charge in [-0.3, -0.25) is 0 Å². The van der Waals surface area contributed by atoms with Crippen LogP contribution in [0.1, 0.15) is 0 Å². The second kappa shape index (κ2) is 10.8. The first-order valence-electron chi connectivity index (χ1n) is 15.7. The molecule has 0 fully saturated rings. The fraction of sp³-hybridized carbons (Fsp3) is 0. The molecule has 8 aromatic carbocycles. The molecular weight excluding hydrogens is 558 g/mol. The zero-order chi connectivity index (χ0) is 30.5. The van der Waals surface area contributed by atoms with Gasteiger partial charge in [0.15, 0.2) is 0 Å². The topological polar surface area (TPSA) is 16.4 Å². The van der Waals surface area contributed by atoms with Gasteiger partial charge in [-0.25, -0.2) is 0 Å². The molecule has 46 heavy (non-hydrogen) atoms. The van der Waals surface area contributed by atoms with Crippen molar-refractivity contribution in [2.24, 2.45) is 0 Å². The van der Waals surface area contributed by atoms with Gasteiger partial charge in [0.1, 0.15) is 11.2 Å². The van der Waals surface area contributed by atoms with Crippen LogP contribution in [0.3, 0.4) is 0 Å². The summed E-state index contributed by atoms with van der Waals surface area (Å²) < 4.78 is 6.46. The summed E-state index contributed by atoms with van der Waals surface area (Å²) >= 11 is 0. The van der Waals surface area contributed by atoms with Gasteiger partial charge in [-0.2, -0.15) is 0 Å². The second-order valence-corrected chi connectivity index (χ2v) is 11.7. The monoisotopic (exact) mass is 587 g/mol. The summed E-state index contributed by atoms with van der Waals surface area (Å²) in [6.07, 6.45) is 0. The van der Waals surface area contributed by atoms with Crippen LogP contribution in [0.2, 0.25) is 0 Å². The summed E-state index contributed by atoms with van der Waals surface area (Å²) in [6.45, 7) is 0. The maximum atomic E-state index is 6.46. The number of hydrogen-bond acceptors (Lipinski definition) is 2. The number of anilines is 3. The molecule has 0 radical (unpaired) electrons. The van der Waals surface area contributed by atoms with E-state index in [-0.39, 0.29) is 0 Å². The minimum Gasteiger partial charge on any atom is -0.455 e. The Hall–Kier alpha value is -6.12. The number of benzene rings is 8. The molecule has 1 aromatic heterocycles. The number of hydrogen-bond donors (Lipinski definition) is 0. The van der Waals surface area contributed by atoms with Crippen LogP contribution in [-0.2, 0) is 0 Å². The predicted octanol–water partition coefficient (Wildman–Crippen LogP) is 12.7. The summed E-state index contributed by atoms with van der Waals surface area (Å²) in [5.41, 5.74) is 9.89. The van der Waals surface area contributed by atoms with Crippen LogP contribution in [-0.4, -0.2) is 0 Å². The average Bonchev–Trinajstić information content (AvgIpc) is 3.51. The Morgan fingerprint density at radius 3 is 1.85 bits per heavy atom. The van der Waals surface area contributed by atoms with Crippen molar-refractivity contribution in [3.63, 3.8) is 0 Å². The first-order chi connectivity index (χ1) is 22.8. The lowest BCUT2D eigenvalue weighted by Gasteiger charge is -2.29. The minimum absolute atomic E-state index is 0.898. The minimum atomic E-state index is 0.898. The van der Waals surface area contributed by atoms with Gasteiger partial charge in [0.2, 0.25) is 0 Å². The molecule has 0 aliphatic carbocycles. The molecule has 9 aromatic rings. The fourth-order valence-corrected chi connectivity index (χ4v) is 6.83. The van der Waals surface area contributed by atoms with Crippen molar-refractivity contribution in [3.8, 4) is 22.3 Å². The van der Waals surface area contributed by atoms with E-state index in [1.807, 2.05) is 0 Å². The van der Waals surface area contributed by atoms with Crippen molar-refractivity contribution in [3.05, 3.63) is 176 Å². The molecule has 0 amide bonds. The smallest absolute Gasteiger partial charge is 0.143 e. The molecular formula is C44H29NO. The van der Waals surface area contributed by atoms with Crippen LogP contribution in [0.15, 0.2) is 180 Å². The molecule has 0 aliphatic rings. The van der Waals surface area contributed by atoms with Crippen molar-refractivity contribution in [2.45, 2.75) is 0 Å². The average molecular weight is 588 g/mol. The summed E-state index contributed by atoms with van der Waals surface area (Å²) in [5, 5.41) is 6.99. The Labute approximate surface area is 267 Å². The largest absolute Gasteiger partial charge is 0.455 e. The number of fused-ring (bicyclic) bond motifs is 6. The van der Waals surface area contributed by atoms with Gasteiger partial charge in [-0.15, -0.1) is 0 Å². The van der Waals surface area contributed by atoms with Gasteiger partial charge in [-0.1, -0.05) is 133 Å². The molecule has 0 aliphatic heterocycles. The van der Waals surface area contributed by atoms with Crippen LogP contribution in [0.4, 0.5) is 17.1 Å². The van der Waals surface area contributed by atoms with E-state index in [1.165, 1.54) is 27.3 Å². The zero-order valence-corrected chi connectivity index (χ0v) is 25.1. The van der Waals surface area contributed by atoms with Gasteiger partial charge in [0.25, 0.3) is 0 Å². The van der Waals surface area contributed by atoms with Gasteiger partial charge in [-0.05, 0) is 69.9 Å². The standard InChI is InChI=1S/C44H29NO/c1-2-11-30(12-3-1)31-21-25-35(26-22-31)45(42-20-10-15-32-13-4-6-16-36(32)42)41-19-9-8-17-37(41)34-24-28-43-40(29-34)39-27-23-33-14-5-7-18-38(33)44(39)46-43/h1-29H. The fourth-order valence-electron chi connectivity index (χ4n) is 6.83. The van der Waals surface area contributed by atoms with Crippen LogP contribution < -0.4 is 4.90 Å². The number of rotatable bonds is 5. The summed E-state index contributed by atoms with van der Waals surface area (Å²) in [7, 11) is 0. The third-order valence-corrected chi connectivity index (χ3v) is 9.06. The van der Waals surface area contributed by atoms with Crippen LogP contribution in [0.25, 0.3) is 65.7 Å². The van der Waals surface area contributed by atoms with Crippen molar-refractivity contribution in [1.29, 1.82) is 0 Å². The molecule has 0 unspecified atom stereocenters. The van der Waals surface area contributed by atoms with Crippen LogP contribution in [0.5, 0.6) is 0 Å². The molecule has 0 atom stereocenters. The molecule has 0 saturated carbocycles. The molecule has 0 bridgehead atoms. The Morgan fingerprint density at radius 1 is 0.370 bits per heavy atom. The molecule has 9 rings (SSSR count). The quantitative estimate of drug-likeness (QED) is 0.199. The Bertz CT molecular complexity index is 2520. The third kappa shape index (κ3) is 4.35. The van der Waals surface area contributed by atoms with Crippen molar-refractivity contribution < 1.29 is 4.42 Å². The highest BCUT2D eigenvalue weighted by Gasteiger charge is 2.20. The van der Waals surface area contributed by atoms with E-state index in [9.17, 15) is 0 Å². The van der Waals surface area contributed by atoms with E-state index in [1.54, 1.807) is 0 Å². The first kappa shape index (κ1) is 26.3. The molecule has 0 saturated heterocycles. The Balaban J connectivity index is 1.25. The molecule has 0 N–H and O–H groups in total. The predicted molar refractivity (Wildman–Crippen MR) is 194 cm³/mol. The van der Waals surface area contributed by atoms with E-state index in [0.29, 0.717) is 0 Å². The maximum absolute atomic E-state index is 6.46. The van der Waals surface area contributed by atoms with Gasteiger partial charge < -0.3 is 9.32 Å². The van der Waals surface area contributed by atoms with Crippen molar-refractivity contribution >= 4 is 60.5 Å². The van der Waals surface area contributed by atoms with E-state index < -0.39 is 0 Å². The van der Waals surface area contributed by atoms with E-state index in [0.717, 1.165) is 55.5 Å². The van der Waals surface area contributed by atoms with Crippen LogP contribution >= 0.6 is 0 Å². The molecule has 216 valence electrons. The summed E-state index contributed by atoms with van der Waals surface area (Å²) in [6, 6.07) is 62.8. The van der Waals surface area contributed by atoms with Crippen LogP contribution in [0, 0.1) is 0 Å². The number of nitrogens with zero attached hydrogens (tertiary/aromatic N) is 1. The highest BCUT2D eigenvalue weighted by atomic mass is 16.3. The number of para-hydroxylation sites is 1. The van der Waals surface area contributed by atoms with E-state index in [2.05, 4.69) is 181 Å². The third-order valence-electron chi connectivity index (χ3n) is 9.06. The second-order valence-electron chi connectivity index (χ2n) is 11.7. The lowest BCUT2D eigenvalue weighted by Crippen LogP contribution is -2.11. The van der Waals surface area contributed by atoms with Gasteiger partial charge >= 0.3 is 0 Å². The van der Waals surface area contributed by atoms with Crippen molar-refractivity contribution in [1.82, 2.24) is 0 Å². The maximum Gasteiger partial charge on any atom is 0.143 e. The molecule has 1 heterocycles. The molecule has 2 heteroatoms. The normalized spacial score (nSPS) is 11.5. The van der Waals surface area contributed by atoms with Gasteiger partial charge in [0.05, 0.1) is 11.4 Å². The lowest BCUT2D eigenvalue weighted by atomic mass is 9.98. The summed E-state index contributed by atoms with van der Waals surface area (Å²) in [4.78, 5) is 2.40. The molecule has 2 nitrogen and oxygen atoms in total. The first-order valence-corrected chi connectivity index (χ1v) is 15.7. The summed E-state index contributed by atoms with van der Waals surface area (Å²) in [5.74, 6) is 0. The molecule has 0 spiro atoms. The number of furan rings is 1. The van der Waals surface area contributed by atoms with Crippen molar-refractivity contribution in [2.75, 3.05) is 4.90 Å². The van der Waals surface area contributed by atoms with Gasteiger partial charge in [0, 0.05) is 32.8 Å². The van der Waals surface area contributed by atoms with E-state index >= 15 is 0 Å². The highest BCUT2D eigenvalue weighted by Crippen LogP contribution is 2.45. The Morgan fingerprint density at radius 2 is 1.00 bits per heavy atom. The lowest BCUT2D eigenvalue weighted by molar-refractivity contribution is 0.672. The zero-order valence-electron chi connectivity index (χ0n) is 25.1. The Kier molecular flexibility index (Phi) is 6.17. The highest BCUT2D eigenvalue weighted by molar-refractivity contribution is 6.15.